The highest BCUT2D eigenvalue weighted by molar-refractivity contribution is 5.60. The van der Waals surface area contributed by atoms with E-state index < -0.39 is 11.1 Å². The predicted octanol–water partition coefficient (Wildman–Crippen LogP) is 6.88. The minimum Gasteiger partial charge on any atom is -0.496 e. The predicted molar refractivity (Wildman–Crippen MR) is 157 cm³/mol. The fourth-order valence-electron chi connectivity index (χ4n) is 5.12. The van der Waals surface area contributed by atoms with Crippen molar-refractivity contribution in [3.05, 3.63) is 130 Å². The molecule has 200 valence electrons. The van der Waals surface area contributed by atoms with Gasteiger partial charge in [-0.1, -0.05) is 99.5 Å². The van der Waals surface area contributed by atoms with Gasteiger partial charge in [-0.3, -0.25) is 0 Å². The van der Waals surface area contributed by atoms with Crippen LogP contribution in [-0.2, 0) is 33.4 Å². The van der Waals surface area contributed by atoms with Crippen LogP contribution in [-0.4, -0.2) is 14.2 Å². The zero-order valence-electron chi connectivity index (χ0n) is 23.3. The van der Waals surface area contributed by atoms with Gasteiger partial charge < -0.3 is 20.9 Å². The third-order valence-electron chi connectivity index (χ3n) is 7.60. The highest BCUT2D eigenvalue weighted by Gasteiger charge is 2.32. The van der Waals surface area contributed by atoms with Crippen molar-refractivity contribution in [1.29, 1.82) is 0 Å². The lowest BCUT2D eigenvalue weighted by atomic mass is 9.80. The van der Waals surface area contributed by atoms with E-state index in [-0.39, 0.29) is 0 Å². The van der Waals surface area contributed by atoms with Gasteiger partial charge in [0.15, 0.2) is 0 Å². The number of nitrogens with two attached hydrogens (primary N) is 2. The molecule has 38 heavy (non-hydrogen) atoms. The van der Waals surface area contributed by atoms with E-state index in [2.05, 4.69) is 62.4 Å². The minimum atomic E-state index is -0.759. The van der Waals surface area contributed by atoms with Crippen molar-refractivity contribution in [3.8, 4) is 0 Å². The quantitative estimate of drug-likeness (QED) is 0.366. The maximum Gasteiger partial charge on any atom is 0.125 e. The molecule has 2 aromatic carbocycles. The number of methoxy groups -OCH3 is 2. The Kier molecular flexibility index (Phi) is 8.76. The van der Waals surface area contributed by atoms with Crippen LogP contribution in [0.15, 0.2) is 108 Å². The summed E-state index contributed by atoms with van der Waals surface area (Å²) in [7, 11) is 3.35. The van der Waals surface area contributed by atoms with Gasteiger partial charge in [0.25, 0.3) is 0 Å². The molecule has 0 heterocycles. The Morgan fingerprint density at radius 2 is 0.974 bits per heavy atom. The van der Waals surface area contributed by atoms with Crippen molar-refractivity contribution in [2.75, 3.05) is 14.2 Å². The summed E-state index contributed by atoms with van der Waals surface area (Å²) in [5.74, 6) is 1.41. The van der Waals surface area contributed by atoms with Crippen LogP contribution in [0.3, 0.4) is 0 Å². The van der Waals surface area contributed by atoms with Gasteiger partial charge in [0, 0.05) is 11.1 Å². The average molecular weight is 511 g/mol. The maximum atomic E-state index is 6.87. The van der Waals surface area contributed by atoms with Crippen molar-refractivity contribution >= 4 is 0 Å². The van der Waals surface area contributed by atoms with Crippen LogP contribution in [0, 0.1) is 0 Å². The highest BCUT2D eigenvalue weighted by atomic mass is 16.5. The van der Waals surface area contributed by atoms with Crippen molar-refractivity contribution in [3.63, 3.8) is 0 Å². The Morgan fingerprint density at radius 1 is 0.605 bits per heavy atom. The molecule has 2 atom stereocenters. The smallest absolute Gasteiger partial charge is 0.125 e. The standard InChI is InChI=1S/C34H42N2O2/c1-5-7-9-25-11-15-27(16-12-25)33(35)21-19-29(31(23-33)37-3)30-20-22-34(36,24-32(30)38-4)28-17-13-26(14-18-28)10-8-6-2/h11-24H,5-10,35-36H2,1-4H3. The Balaban J connectivity index is 1.63. The molecule has 4 nitrogen and oxygen atoms in total. The van der Waals surface area contributed by atoms with E-state index in [1.54, 1.807) is 14.2 Å². The summed E-state index contributed by atoms with van der Waals surface area (Å²) < 4.78 is 11.7. The maximum absolute atomic E-state index is 6.87. The average Bonchev–Trinajstić information content (AvgIpc) is 2.95. The first-order chi connectivity index (χ1) is 18.4. The van der Waals surface area contributed by atoms with Crippen LogP contribution in [0.4, 0.5) is 0 Å². The van der Waals surface area contributed by atoms with Crippen molar-refractivity contribution in [2.24, 2.45) is 11.5 Å². The van der Waals surface area contributed by atoms with Gasteiger partial charge in [-0.15, -0.1) is 0 Å². The molecule has 2 aliphatic carbocycles. The molecular formula is C34H42N2O2. The minimum absolute atomic E-state index is 0.706. The van der Waals surface area contributed by atoms with Crippen LogP contribution in [0.5, 0.6) is 0 Å². The topological polar surface area (TPSA) is 70.5 Å². The number of benzene rings is 2. The zero-order valence-corrected chi connectivity index (χ0v) is 23.3. The van der Waals surface area contributed by atoms with Crippen molar-refractivity contribution in [1.82, 2.24) is 0 Å². The molecule has 0 bridgehead atoms. The third kappa shape index (κ3) is 5.87. The summed E-state index contributed by atoms with van der Waals surface area (Å²) in [4.78, 5) is 0. The zero-order chi connectivity index (χ0) is 27.2. The molecule has 2 aromatic rings. The van der Waals surface area contributed by atoms with Crippen molar-refractivity contribution in [2.45, 2.75) is 63.5 Å². The molecule has 0 amide bonds. The third-order valence-corrected chi connectivity index (χ3v) is 7.60. The lowest BCUT2D eigenvalue weighted by molar-refractivity contribution is 0.286. The van der Waals surface area contributed by atoms with E-state index in [4.69, 9.17) is 20.9 Å². The van der Waals surface area contributed by atoms with Gasteiger partial charge in [0.05, 0.1) is 25.3 Å². The molecule has 0 saturated heterocycles. The van der Waals surface area contributed by atoms with E-state index in [1.165, 1.54) is 36.8 Å². The molecule has 0 fully saturated rings. The SMILES string of the molecule is CCCCc1ccc(C2(N)C=CC(=C3C=CC(N)(c4ccc(CCCC)cc4)C=C3OC)C(OC)=C2)cc1. The Morgan fingerprint density at radius 3 is 1.29 bits per heavy atom. The lowest BCUT2D eigenvalue weighted by Crippen LogP contribution is -2.35. The highest BCUT2D eigenvalue weighted by Crippen LogP contribution is 2.38. The second-order valence-electron chi connectivity index (χ2n) is 10.4. The van der Waals surface area contributed by atoms with E-state index >= 15 is 0 Å². The van der Waals surface area contributed by atoms with Crippen LogP contribution < -0.4 is 11.5 Å². The Hall–Kier alpha value is -3.34. The van der Waals surface area contributed by atoms with E-state index in [0.717, 1.165) is 35.1 Å². The van der Waals surface area contributed by atoms with E-state index in [9.17, 15) is 0 Å². The molecule has 2 aliphatic rings. The summed E-state index contributed by atoms with van der Waals surface area (Å²) >= 11 is 0. The van der Waals surface area contributed by atoms with Crippen LogP contribution in [0.25, 0.3) is 0 Å². The number of allylic oxidation sites excluding steroid dienone is 2. The van der Waals surface area contributed by atoms with E-state index in [1.807, 2.05) is 36.5 Å². The molecule has 0 radical (unpaired) electrons. The molecule has 0 aromatic heterocycles. The first-order valence-electron chi connectivity index (χ1n) is 13.8. The molecular weight excluding hydrogens is 468 g/mol. The molecule has 0 saturated carbocycles. The lowest BCUT2D eigenvalue weighted by Gasteiger charge is -2.31. The van der Waals surface area contributed by atoms with Crippen molar-refractivity contribution < 1.29 is 9.47 Å². The number of aryl methyl sites for hydroxylation is 2. The normalized spacial score (nSPS) is 24.7. The first-order valence-corrected chi connectivity index (χ1v) is 13.8. The number of unbranched alkanes of at least 4 members (excludes halogenated alkanes) is 2. The summed E-state index contributed by atoms with van der Waals surface area (Å²) in [5, 5.41) is 0. The van der Waals surface area contributed by atoms with Crippen LogP contribution in [0.2, 0.25) is 0 Å². The second-order valence-corrected chi connectivity index (χ2v) is 10.4. The molecule has 4 heteroatoms. The number of ether oxygens (including phenoxy) is 2. The monoisotopic (exact) mass is 510 g/mol. The molecule has 0 spiro atoms. The first kappa shape index (κ1) is 27.7. The molecule has 4 N–H and O–H groups in total. The fourth-order valence-corrected chi connectivity index (χ4v) is 5.12. The Labute approximate surface area is 228 Å². The summed E-state index contributed by atoms with van der Waals surface area (Å²) in [6.45, 7) is 4.42. The molecule has 0 aliphatic heterocycles. The van der Waals surface area contributed by atoms with E-state index in [0.29, 0.717) is 11.5 Å². The number of rotatable bonds is 10. The second kappa shape index (κ2) is 12.0. The Bertz CT molecular complexity index is 1170. The van der Waals surface area contributed by atoms with Crippen LogP contribution in [0.1, 0.15) is 61.8 Å². The molecule has 2 unspecified atom stereocenters. The van der Waals surface area contributed by atoms with Gasteiger partial charge >= 0.3 is 0 Å². The fraction of sp³-hybridized carbons (Fsp3) is 0.353. The summed E-state index contributed by atoms with van der Waals surface area (Å²) in [6, 6.07) is 17.2. The van der Waals surface area contributed by atoms with Gasteiger partial charge in [0.2, 0.25) is 0 Å². The molecule has 4 rings (SSSR count). The summed E-state index contributed by atoms with van der Waals surface area (Å²) in [6.07, 6.45) is 19.0. The number of hydrogen-bond donors (Lipinski definition) is 2. The van der Waals surface area contributed by atoms with Gasteiger partial charge in [-0.2, -0.15) is 0 Å². The van der Waals surface area contributed by atoms with Gasteiger partial charge in [-0.25, -0.2) is 0 Å². The van der Waals surface area contributed by atoms with Crippen LogP contribution >= 0.6 is 0 Å². The summed E-state index contributed by atoms with van der Waals surface area (Å²) in [5.41, 5.74) is 18.8. The number of hydrogen-bond acceptors (Lipinski definition) is 4. The largest absolute Gasteiger partial charge is 0.496 e. The van der Waals surface area contributed by atoms with Gasteiger partial charge in [0.1, 0.15) is 11.5 Å². The van der Waals surface area contributed by atoms with Gasteiger partial charge in [-0.05, 0) is 60.1 Å².